The smallest absolute Gasteiger partial charge is 0.177 e. The minimum absolute atomic E-state index is 0.202. The Labute approximate surface area is 72.1 Å². The third kappa shape index (κ3) is 1.76. The molecule has 2 N–H and O–H groups in total. The van der Waals surface area contributed by atoms with Gasteiger partial charge in [-0.3, -0.25) is 0 Å². The monoisotopic (exact) mass is 185 g/mol. The number of nitrogen functional groups attached to an aromatic ring is 1. The highest BCUT2D eigenvalue weighted by Gasteiger charge is 2.10. The second-order valence-electron chi connectivity index (χ2n) is 2.81. The Balaban J connectivity index is 3.39. The minimum Gasteiger partial charge on any atom is -0.398 e. The average Bonchev–Trinajstić information content (AvgIpc) is 1.83. The molecule has 1 aromatic carbocycles. The highest BCUT2D eigenvalue weighted by Crippen LogP contribution is 2.18. The molecule has 0 bridgehead atoms. The van der Waals surface area contributed by atoms with Crippen molar-refractivity contribution in [1.29, 1.82) is 0 Å². The van der Waals surface area contributed by atoms with E-state index in [0.717, 1.165) is 11.8 Å². The van der Waals surface area contributed by atoms with Crippen LogP contribution in [0, 0.1) is 6.92 Å². The molecule has 0 unspecified atom stereocenters. The van der Waals surface area contributed by atoms with Gasteiger partial charge in [-0.25, -0.2) is 8.42 Å². The minimum atomic E-state index is -3.18. The van der Waals surface area contributed by atoms with E-state index in [2.05, 4.69) is 0 Å². The van der Waals surface area contributed by atoms with Crippen molar-refractivity contribution in [2.24, 2.45) is 0 Å². The Morgan fingerprint density at radius 1 is 1.33 bits per heavy atom. The topological polar surface area (TPSA) is 60.2 Å². The van der Waals surface area contributed by atoms with E-state index in [4.69, 9.17) is 5.73 Å². The Morgan fingerprint density at radius 2 is 1.92 bits per heavy atom. The maximum atomic E-state index is 11.1. The highest BCUT2D eigenvalue weighted by molar-refractivity contribution is 7.90. The number of sulfone groups is 1. The standard InChI is InChI=1S/C8H11NO2S/c1-6-3-4-8(7(9)5-6)12(2,10)11/h3-5H,9H2,1-2H3. The van der Waals surface area contributed by atoms with Crippen LogP contribution in [-0.4, -0.2) is 14.7 Å². The lowest BCUT2D eigenvalue weighted by Crippen LogP contribution is -2.02. The third-order valence-electron chi connectivity index (χ3n) is 1.56. The van der Waals surface area contributed by atoms with Gasteiger partial charge in [0.2, 0.25) is 0 Å². The summed E-state index contributed by atoms with van der Waals surface area (Å²) in [6.07, 6.45) is 1.15. The maximum absolute atomic E-state index is 11.1. The third-order valence-corrected chi connectivity index (χ3v) is 2.74. The molecule has 3 nitrogen and oxygen atoms in total. The molecule has 0 saturated heterocycles. The van der Waals surface area contributed by atoms with Crippen LogP contribution in [0.25, 0.3) is 0 Å². The van der Waals surface area contributed by atoms with Crippen molar-refractivity contribution in [2.75, 3.05) is 12.0 Å². The van der Waals surface area contributed by atoms with E-state index in [0.29, 0.717) is 5.69 Å². The predicted octanol–water partition coefficient (Wildman–Crippen LogP) is 0.981. The summed E-state index contributed by atoms with van der Waals surface area (Å²) in [6, 6.07) is 4.91. The lowest BCUT2D eigenvalue weighted by atomic mass is 10.2. The summed E-state index contributed by atoms with van der Waals surface area (Å²) in [5, 5.41) is 0. The van der Waals surface area contributed by atoms with Crippen LogP contribution in [0.1, 0.15) is 5.56 Å². The van der Waals surface area contributed by atoms with E-state index in [1.165, 1.54) is 6.07 Å². The molecule has 12 heavy (non-hydrogen) atoms. The molecule has 0 aliphatic carbocycles. The fourth-order valence-corrected chi connectivity index (χ4v) is 1.81. The number of anilines is 1. The molecule has 0 heterocycles. The summed E-state index contributed by atoms with van der Waals surface area (Å²) in [7, 11) is -3.18. The largest absolute Gasteiger partial charge is 0.398 e. The van der Waals surface area contributed by atoms with E-state index < -0.39 is 9.84 Å². The molecule has 0 aromatic heterocycles. The van der Waals surface area contributed by atoms with E-state index in [1.807, 2.05) is 6.92 Å². The van der Waals surface area contributed by atoms with Crippen molar-refractivity contribution in [3.8, 4) is 0 Å². The molecule has 1 aromatic rings. The summed E-state index contributed by atoms with van der Waals surface area (Å²) in [5.74, 6) is 0. The van der Waals surface area contributed by atoms with Crippen molar-refractivity contribution < 1.29 is 8.42 Å². The number of nitrogens with two attached hydrogens (primary N) is 1. The molecular formula is C8H11NO2S. The van der Waals surface area contributed by atoms with Crippen molar-refractivity contribution in [1.82, 2.24) is 0 Å². The fourth-order valence-electron chi connectivity index (χ4n) is 1.01. The number of hydrogen-bond acceptors (Lipinski definition) is 3. The van der Waals surface area contributed by atoms with E-state index >= 15 is 0 Å². The van der Waals surface area contributed by atoms with Gasteiger partial charge in [0.05, 0.1) is 10.6 Å². The lowest BCUT2D eigenvalue weighted by Gasteiger charge is -2.03. The summed E-state index contributed by atoms with van der Waals surface area (Å²) >= 11 is 0. The molecule has 66 valence electrons. The van der Waals surface area contributed by atoms with Gasteiger partial charge in [0.15, 0.2) is 9.84 Å². The summed E-state index contributed by atoms with van der Waals surface area (Å²) in [4.78, 5) is 0.202. The van der Waals surface area contributed by atoms with Gasteiger partial charge in [-0.1, -0.05) is 6.07 Å². The van der Waals surface area contributed by atoms with Crippen molar-refractivity contribution in [2.45, 2.75) is 11.8 Å². The number of hydrogen-bond donors (Lipinski definition) is 1. The fraction of sp³-hybridized carbons (Fsp3) is 0.250. The first-order valence-corrected chi connectivity index (χ1v) is 5.36. The normalized spacial score (nSPS) is 11.5. The van der Waals surface area contributed by atoms with Gasteiger partial charge in [0.25, 0.3) is 0 Å². The molecule has 0 amide bonds. The van der Waals surface area contributed by atoms with Crippen LogP contribution in [0.4, 0.5) is 5.69 Å². The van der Waals surface area contributed by atoms with Crippen LogP contribution in [0.5, 0.6) is 0 Å². The molecular weight excluding hydrogens is 174 g/mol. The van der Waals surface area contributed by atoms with Crippen LogP contribution >= 0.6 is 0 Å². The van der Waals surface area contributed by atoms with Crippen molar-refractivity contribution >= 4 is 15.5 Å². The van der Waals surface area contributed by atoms with Crippen LogP contribution in [0.15, 0.2) is 23.1 Å². The average molecular weight is 185 g/mol. The van der Waals surface area contributed by atoms with Gasteiger partial charge in [-0.15, -0.1) is 0 Å². The molecule has 0 spiro atoms. The second kappa shape index (κ2) is 2.79. The number of benzene rings is 1. The van der Waals surface area contributed by atoms with E-state index in [1.54, 1.807) is 12.1 Å². The van der Waals surface area contributed by atoms with Gasteiger partial charge in [0, 0.05) is 6.26 Å². The zero-order valence-corrected chi connectivity index (χ0v) is 7.85. The Morgan fingerprint density at radius 3 is 2.33 bits per heavy atom. The zero-order chi connectivity index (χ0) is 9.35. The highest BCUT2D eigenvalue weighted by atomic mass is 32.2. The Bertz CT molecular complexity index is 396. The molecule has 0 atom stereocenters. The van der Waals surface area contributed by atoms with Gasteiger partial charge in [-0.05, 0) is 24.6 Å². The van der Waals surface area contributed by atoms with Gasteiger partial charge in [0.1, 0.15) is 0 Å². The maximum Gasteiger partial charge on any atom is 0.177 e. The molecule has 0 fully saturated rings. The number of aryl methyl sites for hydroxylation is 1. The first-order chi connectivity index (χ1) is 5.41. The SMILES string of the molecule is Cc1ccc(S(C)(=O)=O)c(N)c1. The molecule has 0 saturated carbocycles. The Kier molecular flexibility index (Phi) is 2.10. The summed E-state index contributed by atoms with van der Waals surface area (Å²) in [5.41, 5.74) is 6.80. The summed E-state index contributed by atoms with van der Waals surface area (Å²) < 4.78 is 22.2. The second-order valence-corrected chi connectivity index (χ2v) is 4.80. The van der Waals surface area contributed by atoms with Crippen molar-refractivity contribution in [3.05, 3.63) is 23.8 Å². The molecule has 0 radical (unpaired) electrons. The zero-order valence-electron chi connectivity index (χ0n) is 7.03. The Hall–Kier alpha value is -1.03. The molecule has 0 aliphatic heterocycles. The molecule has 4 heteroatoms. The van der Waals surface area contributed by atoms with Crippen molar-refractivity contribution in [3.63, 3.8) is 0 Å². The van der Waals surface area contributed by atoms with Gasteiger partial charge in [-0.2, -0.15) is 0 Å². The predicted molar refractivity (Wildman–Crippen MR) is 48.7 cm³/mol. The van der Waals surface area contributed by atoms with E-state index in [9.17, 15) is 8.42 Å². The van der Waals surface area contributed by atoms with Crippen LogP contribution in [-0.2, 0) is 9.84 Å². The quantitative estimate of drug-likeness (QED) is 0.663. The summed E-state index contributed by atoms with van der Waals surface area (Å²) in [6.45, 7) is 1.86. The van der Waals surface area contributed by atoms with Gasteiger partial charge < -0.3 is 5.73 Å². The van der Waals surface area contributed by atoms with Crippen LogP contribution in [0.3, 0.4) is 0 Å². The van der Waals surface area contributed by atoms with Gasteiger partial charge >= 0.3 is 0 Å². The first-order valence-electron chi connectivity index (χ1n) is 3.47. The first kappa shape index (κ1) is 9.06. The molecule has 0 aliphatic rings. The van der Waals surface area contributed by atoms with Crippen LogP contribution in [0.2, 0.25) is 0 Å². The van der Waals surface area contributed by atoms with E-state index in [-0.39, 0.29) is 4.90 Å². The van der Waals surface area contributed by atoms with Crippen LogP contribution < -0.4 is 5.73 Å². The molecule has 1 rings (SSSR count). The number of rotatable bonds is 1. The lowest BCUT2D eigenvalue weighted by molar-refractivity contribution is 0.602.